The predicted molar refractivity (Wildman–Crippen MR) is 113 cm³/mol. The highest BCUT2D eigenvalue weighted by atomic mass is 127. The average Bonchev–Trinajstić information content (AvgIpc) is 3.21. The summed E-state index contributed by atoms with van der Waals surface area (Å²) in [4.78, 5) is 10.9. The number of benzene rings is 1. The van der Waals surface area contributed by atoms with Crippen LogP contribution in [-0.2, 0) is 4.74 Å². The Morgan fingerprint density at radius 1 is 1.37 bits per heavy atom. The standard InChI is InChI=1S/C18H25FN6O.HI/c1-20-18(21-11-16(26-2)13-3-5-15(19)6-4-13)25-9-7-14(8-10-25)17-22-12-23-24-17;/h3-6,12,14,16H,7-11H2,1-2H3,(H,20,21)(H,22,23,24);1H. The second-order valence-electron chi connectivity index (χ2n) is 6.34. The smallest absolute Gasteiger partial charge is 0.193 e. The molecule has 0 amide bonds. The minimum Gasteiger partial charge on any atom is -0.375 e. The summed E-state index contributed by atoms with van der Waals surface area (Å²) in [5.74, 6) is 1.98. The first-order chi connectivity index (χ1) is 12.7. The molecule has 1 aromatic carbocycles. The number of rotatable bonds is 5. The monoisotopic (exact) mass is 488 g/mol. The number of methoxy groups -OCH3 is 1. The van der Waals surface area contributed by atoms with E-state index in [1.165, 1.54) is 12.1 Å². The van der Waals surface area contributed by atoms with Crippen molar-refractivity contribution in [3.05, 3.63) is 47.8 Å². The first-order valence-electron chi connectivity index (χ1n) is 8.80. The van der Waals surface area contributed by atoms with Crippen LogP contribution in [0, 0.1) is 5.82 Å². The van der Waals surface area contributed by atoms with Crippen molar-refractivity contribution in [1.82, 2.24) is 25.4 Å². The highest BCUT2D eigenvalue weighted by Gasteiger charge is 2.24. The van der Waals surface area contributed by atoms with Gasteiger partial charge in [0, 0.05) is 39.7 Å². The van der Waals surface area contributed by atoms with Crippen LogP contribution in [0.3, 0.4) is 0 Å². The van der Waals surface area contributed by atoms with Gasteiger partial charge in [-0.2, -0.15) is 5.10 Å². The van der Waals surface area contributed by atoms with Crippen molar-refractivity contribution in [2.24, 2.45) is 4.99 Å². The third-order valence-corrected chi connectivity index (χ3v) is 4.80. The Morgan fingerprint density at radius 3 is 2.63 bits per heavy atom. The summed E-state index contributed by atoms with van der Waals surface area (Å²) in [5.41, 5.74) is 0.931. The quantitative estimate of drug-likeness (QED) is 0.385. The number of piperidine rings is 1. The molecule has 1 aromatic heterocycles. The van der Waals surface area contributed by atoms with E-state index in [1.807, 2.05) is 0 Å². The molecule has 0 bridgehead atoms. The molecule has 0 radical (unpaired) electrons. The SMILES string of the molecule is CN=C(NCC(OC)c1ccc(F)cc1)N1CCC(c2ncn[nH]2)CC1.I. The lowest BCUT2D eigenvalue weighted by atomic mass is 9.96. The maximum Gasteiger partial charge on any atom is 0.193 e. The van der Waals surface area contributed by atoms with Gasteiger partial charge in [0.1, 0.15) is 18.0 Å². The molecule has 0 spiro atoms. The summed E-state index contributed by atoms with van der Waals surface area (Å²) in [6, 6.07) is 6.39. The molecule has 2 aromatic rings. The van der Waals surface area contributed by atoms with E-state index in [4.69, 9.17) is 4.74 Å². The zero-order valence-corrected chi connectivity index (χ0v) is 17.9. The summed E-state index contributed by atoms with van der Waals surface area (Å²) in [6.45, 7) is 2.37. The molecule has 2 N–H and O–H groups in total. The number of guanidine groups is 1. The van der Waals surface area contributed by atoms with Gasteiger partial charge in [-0.3, -0.25) is 10.1 Å². The maximum absolute atomic E-state index is 13.1. The van der Waals surface area contributed by atoms with Gasteiger partial charge in [0.25, 0.3) is 0 Å². The van der Waals surface area contributed by atoms with E-state index in [2.05, 4.69) is 30.4 Å². The van der Waals surface area contributed by atoms with Crippen molar-refractivity contribution < 1.29 is 9.13 Å². The highest BCUT2D eigenvalue weighted by Crippen LogP contribution is 2.25. The molecule has 1 atom stereocenters. The van der Waals surface area contributed by atoms with Crippen molar-refractivity contribution in [2.45, 2.75) is 24.9 Å². The Morgan fingerprint density at radius 2 is 2.07 bits per heavy atom. The van der Waals surface area contributed by atoms with Crippen LogP contribution < -0.4 is 5.32 Å². The van der Waals surface area contributed by atoms with Crippen LogP contribution in [0.2, 0.25) is 0 Å². The Hall–Kier alpha value is -1.75. The molecular formula is C18H26FIN6O. The lowest BCUT2D eigenvalue weighted by Gasteiger charge is -2.34. The van der Waals surface area contributed by atoms with Crippen molar-refractivity contribution in [3.8, 4) is 0 Å². The van der Waals surface area contributed by atoms with E-state index < -0.39 is 0 Å². The minimum absolute atomic E-state index is 0. The summed E-state index contributed by atoms with van der Waals surface area (Å²) >= 11 is 0. The number of halogens is 2. The molecular weight excluding hydrogens is 462 g/mol. The second-order valence-corrected chi connectivity index (χ2v) is 6.34. The molecule has 2 heterocycles. The maximum atomic E-state index is 13.1. The van der Waals surface area contributed by atoms with Gasteiger partial charge in [-0.15, -0.1) is 24.0 Å². The lowest BCUT2D eigenvalue weighted by molar-refractivity contribution is 0.105. The van der Waals surface area contributed by atoms with Crippen molar-refractivity contribution >= 4 is 29.9 Å². The summed E-state index contributed by atoms with van der Waals surface area (Å²) < 4.78 is 18.7. The van der Waals surface area contributed by atoms with Crippen LogP contribution in [0.15, 0.2) is 35.6 Å². The predicted octanol–water partition coefficient (Wildman–Crippen LogP) is 2.70. The number of hydrogen-bond acceptors (Lipinski definition) is 4. The third-order valence-electron chi connectivity index (χ3n) is 4.80. The van der Waals surface area contributed by atoms with Crippen LogP contribution in [0.5, 0.6) is 0 Å². The summed E-state index contributed by atoms with van der Waals surface area (Å²) in [5, 5.41) is 10.3. The van der Waals surface area contributed by atoms with Gasteiger partial charge in [0.2, 0.25) is 0 Å². The molecule has 27 heavy (non-hydrogen) atoms. The van der Waals surface area contributed by atoms with E-state index >= 15 is 0 Å². The average molecular weight is 488 g/mol. The zero-order chi connectivity index (χ0) is 18.4. The summed E-state index contributed by atoms with van der Waals surface area (Å²) in [7, 11) is 3.44. The molecule has 3 rings (SSSR count). The third kappa shape index (κ3) is 5.61. The van der Waals surface area contributed by atoms with Gasteiger partial charge in [-0.05, 0) is 30.5 Å². The Bertz CT molecular complexity index is 701. The van der Waals surface area contributed by atoms with E-state index in [1.54, 1.807) is 32.6 Å². The molecule has 1 unspecified atom stereocenters. The number of likely N-dealkylation sites (tertiary alicyclic amines) is 1. The van der Waals surface area contributed by atoms with Crippen molar-refractivity contribution in [1.29, 1.82) is 0 Å². The Balaban J connectivity index is 0.00000261. The first kappa shape index (κ1) is 21.5. The fourth-order valence-electron chi connectivity index (χ4n) is 3.31. The zero-order valence-electron chi connectivity index (χ0n) is 15.6. The number of nitrogens with zero attached hydrogens (tertiary/aromatic N) is 4. The molecule has 1 saturated heterocycles. The number of hydrogen-bond donors (Lipinski definition) is 2. The van der Waals surface area contributed by atoms with Crippen LogP contribution in [0.25, 0.3) is 0 Å². The van der Waals surface area contributed by atoms with E-state index in [9.17, 15) is 4.39 Å². The van der Waals surface area contributed by atoms with Crippen LogP contribution >= 0.6 is 24.0 Å². The normalized spacial score (nSPS) is 16.7. The van der Waals surface area contributed by atoms with E-state index in [0.717, 1.165) is 43.3 Å². The van der Waals surface area contributed by atoms with Crippen LogP contribution in [-0.4, -0.2) is 59.8 Å². The highest BCUT2D eigenvalue weighted by molar-refractivity contribution is 14.0. The van der Waals surface area contributed by atoms with Crippen molar-refractivity contribution in [2.75, 3.05) is 33.8 Å². The second kappa shape index (κ2) is 10.5. The Kier molecular flexibility index (Phi) is 8.42. The molecule has 7 nitrogen and oxygen atoms in total. The molecule has 0 saturated carbocycles. The number of aliphatic imine (C=N–C) groups is 1. The topological polar surface area (TPSA) is 78.4 Å². The van der Waals surface area contributed by atoms with Gasteiger partial charge >= 0.3 is 0 Å². The molecule has 1 aliphatic rings. The number of aromatic amines is 1. The van der Waals surface area contributed by atoms with Gasteiger partial charge in [-0.1, -0.05) is 12.1 Å². The van der Waals surface area contributed by atoms with Gasteiger partial charge in [0.05, 0.1) is 6.10 Å². The number of H-pyrrole nitrogens is 1. The fraction of sp³-hybridized carbons (Fsp3) is 0.500. The molecule has 0 aliphatic carbocycles. The fourth-order valence-corrected chi connectivity index (χ4v) is 3.31. The van der Waals surface area contributed by atoms with E-state index in [0.29, 0.717) is 12.5 Å². The molecule has 9 heteroatoms. The first-order valence-corrected chi connectivity index (χ1v) is 8.80. The van der Waals surface area contributed by atoms with Gasteiger partial charge in [-0.25, -0.2) is 9.37 Å². The Labute approximate surface area is 175 Å². The number of aromatic nitrogens is 3. The molecule has 148 valence electrons. The van der Waals surface area contributed by atoms with Crippen LogP contribution in [0.4, 0.5) is 4.39 Å². The van der Waals surface area contributed by atoms with E-state index in [-0.39, 0.29) is 35.9 Å². The lowest BCUT2D eigenvalue weighted by Crippen LogP contribution is -2.46. The summed E-state index contributed by atoms with van der Waals surface area (Å²) in [6.07, 6.45) is 3.39. The molecule has 1 fully saturated rings. The minimum atomic E-state index is -0.248. The van der Waals surface area contributed by atoms with Gasteiger partial charge in [0.15, 0.2) is 5.96 Å². The number of ether oxygens (including phenoxy) is 1. The van der Waals surface area contributed by atoms with Crippen molar-refractivity contribution in [3.63, 3.8) is 0 Å². The van der Waals surface area contributed by atoms with Gasteiger partial charge < -0.3 is 15.0 Å². The molecule has 1 aliphatic heterocycles. The van der Waals surface area contributed by atoms with Crippen LogP contribution in [0.1, 0.15) is 36.3 Å². The largest absolute Gasteiger partial charge is 0.375 e. The number of nitrogens with one attached hydrogen (secondary N) is 2.